The van der Waals surface area contributed by atoms with Gasteiger partial charge in [-0.2, -0.15) is 39.5 Å². The zero-order valence-electron chi connectivity index (χ0n) is 22.3. The molecule has 2 heterocycles. The number of carbonyl (C=O) groups excluding carboxylic acids is 4. The van der Waals surface area contributed by atoms with Crippen molar-refractivity contribution < 1.29 is 68.2 Å². The number of benzene rings is 3. The Balaban J connectivity index is 1.57. The second-order valence-electron chi connectivity index (χ2n) is 9.51. The Morgan fingerprint density at radius 3 is 0.935 bits per heavy atom. The van der Waals surface area contributed by atoms with Crippen LogP contribution in [0.3, 0.4) is 0 Å². The Labute approximate surface area is 250 Å². The van der Waals surface area contributed by atoms with Crippen molar-refractivity contribution in [3.05, 3.63) is 95.6 Å². The van der Waals surface area contributed by atoms with E-state index in [9.17, 15) is 58.7 Å². The molecule has 0 spiro atoms. The van der Waals surface area contributed by atoms with E-state index in [4.69, 9.17) is 9.47 Å². The highest BCUT2D eigenvalue weighted by Gasteiger charge is 2.36. The molecule has 0 N–H and O–H groups in total. The molecule has 17 heteroatoms. The topological polar surface area (TPSA) is 93.2 Å². The third-order valence-corrected chi connectivity index (χ3v) is 6.25. The van der Waals surface area contributed by atoms with E-state index in [1.165, 1.54) is 0 Å². The van der Waals surface area contributed by atoms with E-state index < -0.39 is 93.2 Å². The maximum Gasteiger partial charge on any atom is 0.416 e. The van der Waals surface area contributed by atoms with Gasteiger partial charge >= 0.3 is 18.5 Å². The number of carbonyl (C=O) groups is 4. The van der Waals surface area contributed by atoms with Gasteiger partial charge in [-0.1, -0.05) is 0 Å². The fourth-order valence-corrected chi connectivity index (χ4v) is 4.30. The SMILES string of the molecule is O=C1C=CC(=O)N1c1cc(Oc2cc(Oc3cc(N4C(=O)C=CC4=O)cc(C(F)(F)F)c3)cc(C(F)(F)F)c2)cc(C(F)(F)F)c1. The van der Waals surface area contributed by atoms with E-state index in [1.807, 2.05) is 0 Å². The van der Waals surface area contributed by atoms with Crippen LogP contribution in [0.15, 0.2) is 78.9 Å². The van der Waals surface area contributed by atoms with Crippen molar-refractivity contribution in [2.75, 3.05) is 9.80 Å². The summed E-state index contributed by atoms with van der Waals surface area (Å²) in [6.07, 6.45) is -12.1. The van der Waals surface area contributed by atoms with Crippen molar-refractivity contribution >= 4 is 35.0 Å². The summed E-state index contributed by atoms with van der Waals surface area (Å²) in [5.74, 6) is -7.18. The van der Waals surface area contributed by atoms with Gasteiger partial charge in [0.1, 0.15) is 23.0 Å². The molecule has 46 heavy (non-hydrogen) atoms. The van der Waals surface area contributed by atoms with Crippen LogP contribution in [0.25, 0.3) is 0 Å². The highest BCUT2D eigenvalue weighted by atomic mass is 19.4. The van der Waals surface area contributed by atoms with Gasteiger partial charge in [0.25, 0.3) is 23.6 Å². The molecule has 2 aliphatic rings. The smallest absolute Gasteiger partial charge is 0.416 e. The molecule has 0 atom stereocenters. The molecule has 0 fully saturated rings. The zero-order valence-corrected chi connectivity index (χ0v) is 22.3. The second-order valence-corrected chi connectivity index (χ2v) is 9.51. The quantitative estimate of drug-likeness (QED) is 0.206. The minimum absolute atomic E-state index is 0.352. The lowest BCUT2D eigenvalue weighted by atomic mass is 10.1. The first kappa shape index (κ1) is 31.8. The summed E-state index contributed by atoms with van der Waals surface area (Å²) < 4.78 is 134. The van der Waals surface area contributed by atoms with E-state index in [0.29, 0.717) is 52.3 Å². The second kappa shape index (κ2) is 11.1. The van der Waals surface area contributed by atoms with Crippen LogP contribution in [0.2, 0.25) is 0 Å². The maximum absolute atomic E-state index is 13.8. The third kappa shape index (κ3) is 6.57. The van der Waals surface area contributed by atoms with Crippen molar-refractivity contribution in [1.82, 2.24) is 0 Å². The predicted molar refractivity (Wildman–Crippen MR) is 138 cm³/mol. The Morgan fingerprint density at radius 2 is 0.652 bits per heavy atom. The standard InChI is InChI=1S/C29H13F9N2O6/c30-27(31,32)14-5-17(39-23(41)1-2-24(39)42)11-19(7-14)45-21-9-16(29(36,37)38)10-22(13-21)46-20-8-15(28(33,34)35)6-18(12-20)40-25(43)3-4-26(40)44/h1-13H. The summed E-state index contributed by atoms with van der Waals surface area (Å²) in [4.78, 5) is 49.0. The first-order chi connectivity index (χ1) is 21.3. The van der Waals surface area contributed by atoms with Gasteiger partial charge < -0.3 is 9.47 Å². The molecule has 0 saturated heterocycles. The third-order valence-electron chi connectivity index (χ3n) is 6.25. The van der Waals surface area contributed by atoms with Crippen LogP contribution in [0.4, 0.5) is 50.9 Å². The molecule has 0 unspecified atom stereocenters. The number of hydrogen-bond donors (Lipinski definition) is 0. The maximum atomic E-state index is 13.8. The van der Waals surface area contributed by atoms with Gasteiger partial charge in [0, 0.05) is 42.5 Å². The van der Waals surface area contributed by atoms with Gasteiger partial charge in [-0.05, 0) is 36.4 Å². The number of halogens is 9. The lowest BCUT2D eigenvalue weighted by molar-refractivity contribution is -0.138. The van der Waals surface area contributed by atoms with Crippen molar-refractivity contribution in [3.8, 4) is 23.0 Å². The van der Waals surface area contributed by atoms with Crippen LogP contribution in [0, 0.1) is 0 Å². The summed E-state index contributed by atoms with van der Waals surface area (Å²) in [5.41, 5.74) is -5.61. The number of alkyl halides is 9. The van der Waals surface area contributed by atoms with E-state index in [-0.39, 0.29) is 0 Å². The summed E-state index contributed by atoms with van der Waals surface area (Å²) >= 11 is 0. The highest BCUT2D eigenvalue weighted by molar-refractivity contribution is 6.28. The van der Waals surface area contributed by atoms with Crippen molar-refractivity contribution in [2.24, 2.45) is 0 Å². The first-order valence-electron chi connectivity index (χ1n) is 12.4. The molecule has 0 aromatic heterocycles. The summed E-state index contributed by atoms with van der Waals surface area (Å²) in [5, 5.41) is 0. The van der Waals surface area contributed by atoms with Crippen molar-refractivity contribution in [1.29, 1.82) is 0 Å². The largest absolute Gasteiger partial charge is 0.457 e. The van der Waals surface area contributed by atoms with Crippen LogP contribution >= 0.6 is 0 Å². The number of imide groups is 2. The average Bonchev–Trinajstić information content (AvgIpc) is 3.45. The summed E-state index contributed by atoms with van der Waals surface area (Å²) in [6, 6.07) is 4.58. The van der Waals surface area contributed by atoms with Gasteiger partial charge in [-0.25, -0.2) is 9.80 Å². The number of rotatable bonds is 6. The predicted octanol–water partition coefficient (Wildman–Crippen LogP) is 7.19. The number of amides is 4. The van der Waals surface area contributed by atoms with Gasteiger partial charge in [0.15, 0.2) is 0 Å². The summed E-state index contributed by atoms with van der Waals surface area (Å²) in [7, 11) is 0. The molecule has 0 aliphatic carbocycles. The van der Waals surface area contributed by atoms with Crippen LogP contribution in [-0.2, 0) is 37.7 Å². The van der Waals surface area contributed by atoms with Gasteiger partial charge in [0.2, 0.25) is 0 Å². The summed E-state index contributed by atoms with van der Waals surface area (Å²) in [6.45, 7) is 0. The molecule has 238 valence electrons. The molecule has 0 saturated carbocycles. The molecular formula is C29H13F9N2O6. The normalized spacial score (nSPS) is 15.4. The Bertz CT molecular complexity index is 1700. The first-order valence-corrected chi connectivity index (χ1v) is 12.4. The van der Waals surface area contributed by atoms with E-state index >= 15 is 0 Å². The molecule has 4 amide bonds. The van der Waals surface area contributed by atoms with E-state index in [0.717, 1.165) is 36.4 Å². The van der Waals surface area contributed by atoms with Crippen LogP contribution in [-0.4, -0.2) is 23.6 Å². The molecule has 3 aromatic rings. The van der Waals surface area contributed by atoms with Gasteiger partial charge in [-0.3, -0.25) is 19.2 Å². The van der Waals surface area contributed by atoms with Crippen LogP contribution < -0.4 is 19.3 Å². The number of ether oxygens (including phenoxy) is 2. The molecule has 5 rings (SSSR count). The van der Waals surface area contributed by atoms with Gasteiger partial charge in [-0.15, -0.1) is 0 Å². The number of nitrogens with zero attached hydrogens (tertiary/aromatic N) is 2. The fraction of sp³-hybridized carbons (Fsp3) is 0.103. The molecule has 0 radical (unpaired) electrons. The molecule has 8 nitrogen and oxygen atoms in total. The lowest BCUT2D eigenvalue weighted by Crippen LogP contribution is -2.29. The Morgan fingerprint density at radius 1 is 0.391 bits per heavy atom. The molecule has 2 aliphatic heterocycles. The fourth-order valence-electron chi connectivity index (χ4n) is 4.30. The number of hydrogen-bond acceptors (Lipinski definition) is 6. The molecule has 3 aromatic carbocycles. The number of anilines is 2. The van der Waals surface area contributed by atoms with E-state index in [2.05, 4.69) is 0 Å². The van der Waals surface area contributed by atoms with E-state index in [1.54, 1.807) is 0 Å². The minimum Gasteiger partial charge on any atom is -0.457 e. The Hall–Kier alpha value is -5.61. The highest BCUT2D eigenvalue weighted by Crippen LogP contribution is 2.42. The zero-order chi connectivity index (χ0) is 33.8. The van der Waals surface area contributed by atoms with Crippen LogP contribution in [0.1, 0.15) is 16.7 Å². The molecular weight excluding hydrogens is 643 g/mol. The Kier molecular flexibility index (Phi) is 7.66. The van der Waals surface area contributed by atoms with Gasteiger partial charge in [0.05, 0.1) is 28.1 Å². The minimum atomic E-state index is -5.13. The van der Waals surface area contributed by atoms with Crippen molar-refractivity contribution in [2.45, 2.75) is 18.5 Å². The van der Waals surface area contributed by atoms with Crippen molar-refractivity contribution in [3.63, 3.8) is 0 Å². The monoisotopic (exact) mass is 656 g/mol. The average molecular weight is 656 g/mol. The molecule has 0 bridgehead atoms. The lowest BCUT2D eigenvalue weighted by Gasteiger charge is -2.20. The van der Waals surface area contributed by atoms with Crippen LogP contribution in [0.5, 0.6) is 23.0 Å².